The lowest BCUT2D eigenvalue weighted by molar-refractivity contribution is 0.414. The topological polar surface area (TPSA) is 27.1 Å². The smallest absolute Gasteiger partial charge is 0.211 e. The summed E-state index contributed by atoms with van der Waals surface area (Å²) < 4.78 is 19.6. The number of nitrogens with zero attached hydrogens (tertiary/aromatic N) is 2. The number of ether oxygens (including phenoxy) is 1. The maximum atomic E-state index is 13.2. The highest BCUT2D eigenvalue weighted by molar-refractivity contribution is 5.34. The fraction of sp³-hybridized carbons (Fsp3) is 0.250. The monoisotopic (exact) mass is 220 g/mol. The van der Waals surface area contributed by atoms with Gasteiger partial charge in [-0.2, -0.15) is 9.49 Å². The summed E-state index contributed by atoms with van der Waals surface area (Å²) in [6, 6.07) is 7.06. The molecule has 0 aliphatic heterocycles. The third kappa shape index (κ3) is 2.05. The lowest BCUT2D eigenvalue weighted by Gasteiger charge is -2.08. The Kier molecular flexibility index (Phi) is 2.90. The molecular formula is C12H13FN2O. The second-order valence-corrected chi connectivity index (χ2v) is 3.60. The van der Waals surface area contributed by atoms with E-state index in [9.17, 15) is 4.39 Å². The summed E-state index contributed by atoms with van der Waals surface area (Å²) in [7, 11) is 1.63. The molecule has 0 saturated carbocycles. The molecule has 0 saturated heterocycles. The summed E-state index contributed by atoms with van der Waals surface area (Å²) in [6.07, 6.45) is 1.45. The third-order valence-electron chi connectivity index (χ3n) is 2.53. The van der Waals surface area contributed by atoms with Crippen molar-refractivity contribution in [1.29, 1.82) is 0 Å². The molecule has 16 heavy (non-hydrogen) atoms. The molecule has 0 bridgehead atoms. The largest absolute Gasteiger partial charge is 0.497 e. The highest BCUT2D eigenvalue weighted by Gasteiger charge is 2.05. The lowest BCUT2D eigenvalue weighted by atomic mass is 10.1. The predicted octanol–water partition coefficient (Wildman–Crippen LogP) is 2.39. The molecule has 0 radical (unpaired) electrons. The minimum Gasteiger partial charge on any atom is -0.497 e. The number of aromatic nitrogens is 2. The van der Waals surface area contributed by atoms with Gasteiger partial charge in [0.2, 0.25) is 5.95 Å². The molecule has 1 heterocycles. The molecule has 0 aliphatic rings. The molecule has 0 aliphatic carbocycles. The minimum absolute atomic E-state index is 0.324. The van der Waals surface area contributed by atoms with Crippen molar-refractivity contribution < 1.29 is 9.13 Å². The summed E-state index contributed by atoms with van der Waals surface area (Å²) >= 11 is 0. The van der Waals surface area contributed by atoms with Crippen molar-refractivity contribution in [1.82, 2.24) is 9.78 Å². The van der Waals surface area contributed by atoms with Crippen molar-refractivity contribution in [2.75, 3.05) is 7.11 Å². The zero-order valence-corrected chi connectivity index (χ0v) is 9.27. The van der Waals surface area contributed by atoms with E-state index in [1.165, 1.54) is 16.9 Å². The summed E-state index contributed by atoms with van der Waals surface area (Å²) in [5, 5.41) is 3.91. The van der Waals surface area contributed by atoms with Crippen molar-refractivity contribution >= 4 is 0 Å². The van der Waals surface area contributed by atoms with Gasteiger partial charge < -0.3 is 4.74 Å². The normalized spacial score (nSPS) is 10.4. The summed E-state index contributed by atoms with van der Waals surface area (Å²) in [5.74, 6) is 0.484. The quantitative estimate of drug-likeness (QED) is 0.794. The van der Waals surface area contributed by atoms with Crippen LogP contribution >= 0.6 is 0 Å². The van der Waals surface area contributed by atoms with Gasteiger partial charge in [0, 0.05) is 6.07 Å². The van der Waals surface area contributed by atoms with Gasteiger partial charge in [-0.05, 0) is 30.2 Å². The molecule has 3 nitrogen and oxygen atoms in total. The van der Waals surface area contributed by atoms with E-state index in [0.29, 0.717) is 6.54 Å². The van der Waals surface area contributed by atoms with E-state index in [4.69, 9.17) is 4.74 Å². The highest BCUT2D eigenvalue weighted by Crippen LogP contribution is 2.17. The second kappa shape index (κ2) is 4.35. The lowest BCUT2D eigenvalue weighted by Crippen LogP contribution is -2.05. The Morgan fingerprint density at radius 2 is 2.19 bits per heavy atom. The van der Waals surface area contributed by atoms with E-state index < -0.39 is 0 Å². The Hall–Kier alpha value is -1.84. The van der Waals surface area contributed by atoms with Crippen LogP contribution in [0, 0.1) is 12.9 Å². The van der Waals surface area contributed by atoms with E-state index in [1.807, 2.05) is 25.1 Å². The summed E-state index contributed by atoms with van der Waals surface area (Å²) in [6.45, 7) is 2.41. The van der Waals surface area contributed by atoms with Crippen LogP contribution in [0.1, 0.15) is 11.1 Å². The first-order valence-electron chi connectivity index (χ1n) is 5.01. The van der Waals surface area contributed by atoms with Gasteiger partial charge in [-0.15, -0.1) is 0 Å². The van der Waals surface area contributed by atoms with Gasteiger partial charge in [0.1, 0.15) is 5.75 Å². The first-order valence-corrected chi connectivity index (χ1v) is 5.01. The van der Waals surface area contributed by atoms with Crippen LogP contribution in [0.3, 0.4) is 0 Å². The van der Waals surface area contributed by atoms with E-state index in [-0.39, 0.29) is 5.95 Å². The molecule has 1 aromatic heterocycles. The Balaban J connectivity index is 2.25. The van der Waals surface area contributed by atoms with E-state index in [2.05, 4.69) is 5.10 Å². The van der Waals surface area contributed by atoms with Crippen molar-refractivity contribution in [3.05, 3.63) is 47.5 Å². The Labute approximate surface area is 93.5 Å². The molecule has 84 valence electrons. The molecule has 0 atom stereocenters. The van der Waals surface area contributed by atoms with Crippen LogP contribution < -0.4 is 4.74 Å². The highest BCUT2D eigenvalue weighted by atomic mass is 19.1. The van der Waals surface area contributed by atoms with Crippen LogP contribution in [0.25, 0.3) is 0 Å². The Bertz CT molecular complexity index is 494. The fourth-order valence-electron chi connectivity index (χ4n) is 1.57. The molecule has 0 amide bonds. The molecule has 0 N–H and O–H groups in total. The van der Waals surface area contributed by atoms with Gasteiger partial charge in [-0.25, -0.2) is 4.68 Å². The third-order valence-corrected chi connectivity index (χ3v) is 2.53. The summed E-state index contributed by atoms with van der Waals surface area (Å²) in [4.78, 5) is 0. The predicted molar refractivity (Wildman–Crippen MR) is 59.0 cm³/mol. The number of rotatable bonds is 3. The second-order valence-electron chi connectivity index (χ2n) is 3.60. The maximum absolute atomic E-state index is 13.2. The average molecular weight is 220 g/mol. The van der Waals surface area contributed by atoms with Crippen LogP contribution in [-0.2, 0) is 6.54 Å². The van der Waals surface area contributed by atoms with Crippen LogP contribution in [0.4, 0.5) is 4.39 Å². The average Bonchev–Trinajstić information content (AvgIpc) is 2.67. The zero-order chi connectivity index (χ0) is 11.5. The Morgan fingerprint density at radius 1 is 1.38 bits per heavy atom. The molecular weight excluding hydrogens is 207 g/mol. The maximum Gasteiger partial charge on any atom is 0.211 e. The summed E-state index contributed by atoms with van der Waals surface area (Å²) in [5.41, 5.74) is 2.10. The van der Waals surface area contributed by atoms with Gasteiger partial charge in [0.15, 0.2) is 0 Å². The van der Waals surface area contributed by atoms with Crippen molar-refractivity contribution in [3.8, 4) is 5.75 Å². The Morgan fingerprint density at radius 3 is 2.75 bits per heavy atom. The van der Waals surface area contributed by atoms with Crippen molar-refractivity contribution in [2.45, 2.75) is 13.5 Å². The molecule has 4 heteroatoms. The molecule has 2 aromatic rings. The molecule has 0 spiro atoms. The fourth-order valence-corrected chi connectivity index (χ4v) is 1.57. The zero-order valence-electron chi connectivity index (χ0n) is 9.27. The number of aryl methyl sites for hydroxylation is 1. The van der Waals surface area contributed by atoms with Crippen LogP contribution in [0.5, 0.6) is 5.75 Å². The van der Waals surface area contributed by atoms with E-state index in [0.717, 1.165) is 16.9 Å². The number of hydrogen-bond acceptors (Lipinski definition) is 2. The van der Waals surface area contributed by atoms with Gasteiger partial charge in [0.25, 0.3) is 0 Å². The van der Waals surface area contributed by atoms with Crippen molar-refractivity contribution in [2.24, 2.45) is 0 Å². The van der Waals surface area contributed by atoms with Gasteiger partial charge in [-0.3, -0.25) is 0 Å². The number of halogens is 1. The number of hydrogen-bond donors (Lipinski definition) is 0. The van der Waals surface area contributed by atoms with Gasteiger partial charge in [-0.1, -0.05) is 6.07 Å². The molecule has 2 rings (SSSR count). The minimum atomic E-state index is -0.324. The first kappa shape index (κ1) is 10.7. The van der Waals surface area contributed by atoms with E-state index >= 15 is 0 Å². The molecule has 0 fully saturated rings. The first-order chi connectivity index (χ1) is 7.70. The molecule has 0 unspecified atom stereocenters. The van der Waals surface area contributed by atoms with E-state index in [1.54, 1.807) is 7.11 Å². The van der Waals surface area contributed by atoms with Crippen LogP contribution in [0.15, 0.2) is 30.5 Å². The standard InChI is InChI=1S/C12H13FN2O/c1-9-7-11(16-2)4-3-10(9)8-15-12(13)5-6-14-15/h3-7H,8H2,1-2H3. The molecule has 1 aromatic carbocycles. The number of methoxy groups -OCH3 is 1. The van der Waals surface area contributed by atoms with Gasteiger partial charge in [0.05, 0.1) is 19.9 Å². The number of benzene rings is 1. The van der Waals surface area contributed by atoms with Gasteiger partial charge >= 0.3 is 0 Å². The van der Waals surface area contributed by atoms with Crippen LogP contribution in [0.2, 0.25) is 0 Å². The van der Waals surface area contributed by atoms with Crippen molar-refractivity contribution in [3.63, 3.8) is 0 Å². The van der Waals surface area contributed by atoms with Crippen LogP contribution in [-0.4, -0.2) is 16.9 Å². The SMILES string of the molecule is COc1ccc(Cn2nccc2F)c(C)c1.